The number of ether oxygens (including phenoxy) is 1. The van der Waals surface area contributed by atoms with Crippen molar-refractivity contribution >= 4 is 17.6 Å². The van der Waals surface area contributed by atoms with E-state index in [1.807, 2.05) is 0 Å². The van der Waals surface area contributed by atoms with Crippen molar-refractivity contribution in [1.29, 1.82) is 0 Å². The maximum absolute atomic E-state index is 12.3. The van der Waals surface area contributed by atoms with Crippen LogP contribution in [0.1, 0.15) is 17.7 Å². The first-order valence-corrected chi connectivity index (χ1v) is 4.42. The average Bonchev–Trinajstić information content (AvgIpc) is 2.17. The molecule has 0 amide bonds. The molecule has 0 fully saturated rings. The fourth-order valence-corrected chi connectivity index (χ4v) is 1.22. The average molecular weight is 236 g/mol. The van der Waals surface area contributed by atoms with Gasteiger partial charge in [-0.25, -0.2) is 13.8 Å². The van der Waals surface area contributed by atoms with Crippen molar-refractivity contribution in [3.8, 4) is 0 Å². The Bertz CT molecular complexity index is 371. The number of pyridine rings is 1. The van der Waals surface area contributed by atoms with E-state index in [0.717, 1.165) is 6.07 Å². The Hall–Kier alpha value is -1.23. The molecule has 0 spiro atoms. The lowest BCUT2D eigenvalue weighted by Crippen LogP contribution is -2.06. The molecule has 0 saturated heterocycles. The number of alkyl halides is 2. The highest BCUT2D eigenvalue weighted by Gasteiger charge is 2.14. The van der Waals surface area contributed by atoms with E-state index < -0.39 is 12.4 Å². The smallest absolute Gasteiger partial charge is 0.311 e. The second-order valence-electron chi connectivity index (χ2n) is 2.74. The topological polar surface area (TPSA) is 39.2 Å². The first-order valence-electron chi connectivity index (χ1n) is 4.05. The van der Waals surface area contributed by atoms with Gasteiger partial charge in [0.05, 0.1) is 24.8 Å². The van der Waals surface area contributed by atoms with Gasteiger partial charge < -0.3 is 4.74 Å². The number of nitrogens with zero attached hydrogens (tertiary/aromatic N) is 1. The molecule has 1 heterocycles. The van der Waals surface area contributed by atoms with Crippen LogP contribution in [0.15, 0.2) is 12.1 Å². The van der Waals surface area contributed by atoms with Crippen LogP contribution in [0.5, 0.6) is 0 Å². The summed E-state index contributed by atoms with van der Waals surface area (Å²) in [5.74, 6) is -0.497. The fraction of sp³-hybridized carbons (Fsp3) is 0.333. The Morgan fingerprint density at radius 2 is 2.27 bits per heavy atom. The van der Waals surface area contributed by atoms with Crippen molar-refractivity contribution in [3.63, 3.8) is 0 Å². The fourth-order valence-electron chi connectivity index (χ4n) is 0.964. The molecule has 0 aromatic carbocycles. The third kappa shape index (κ3) is 3.13. The van der Waals surface area contributed by atoms with E-state index in [-0.39, 0.29) is 17.1 Å². The molecule has 0 N–H and O–H groups in total. The number of rotatable bonds is 3. The van der Waals surface area contributed by atoms with E-state index in [2.05, 4.69) is 9.72 Å². The number of halogens is 3. The Balaban J connectivity index is 2.87. The summed E-state index contributed by atoms with van der Waals surface area (Å²) >= 11 is 5.51. The summed E-state index contributed by atoms with van der Waals surface area (Å²) in [6.07, 6.45) is -2.75. The monoisotopic (exact) mass is 235 g/mol. The molecule has 3 nitrogen and oxygen atoms in total. The van der Waals surface area contributed by atoms with Crippen LogP contribution in [0.3, 0.4) is 0 Å². The first-order chi connectivity index (χ1) is 7.04. The van der Waals surface area contributed by atoms with Crippen LogP contribution < -0.4 is 0 Å². The van der Waals surface area contributed by atoms with Gasteiger partial charge in [0.2, 0.25) is 0 Å². The minimum absolute atomic E-state index is 0.0836. The zero-order chi connectivity index (χ0) is 11.4. The maximum Gasteiger partial charge on any atom is 0.311 e. The summed E-state index contributed by atoms with van der Waals surface area (Å²) < 4.78 is 28.9. The quantitative estimate of drug-likeness (QED) is 0.597. The molecule has 0 aliphatic heterocycles. The van der Waals surface area contributed by atoms with Crippen LogP contribution >= 0.6 is 11.6 Å². The normalized spacial score (nSPS) is 10.5. The van der Waals surface area contributed by atoms with Crippen LogP contribution in [0.2, 0.25) is 5.15 Å². The SMILES string of the molecule is COC(=O)Cc1ccc(C(F)F)c(Cl)n1. The molecule has 0 bridgehead atoms. The molecule has 1 rings (SSSR count). The molecule has 1 aromatic heterocycles. The summed E-state index contributed by atoms with van der Waals surface area (Å²) in [6.45, 7) is 0. The van der Waals surface area contributed by atoms with Gasteiger partial charge in [-0.05, 0) is 12.1 Å². The van der Waals surface area contributed by atoms with Crippen molar-refractivity contribution in [1.82, 2.24) is 4.98 Å². The molecular weight excluding hydrogens is 228 g/mol. The number of hydrogen-bond acceptors (Lipinski definition) is 3. The van der Waals surface area contributed by atoms with Gasteiger partial charge in [-0.15, -0.1) is 0 Å². The summed E-state index contributed by atoms with van der Waals surface area (Å²) in [7, 11) is 1.23. The maximum atomic E-state index is 12.3. The molecule has 0 aliphatic carbocycles. The molecule has 15 heavy (non-hydrogen) atoms. The summed E-state index contributed by atoms with van der Waals surface area (Å²) in [6, 6.07) is 2.47. The molecule has 0 unspecified atom stereocenters. The highest BCUT2D eigenvalue weighted by molar-refractivity contribution is 6.30. The number of esters is 1. The lowest BCUT2D eigenvalue weighted by atomic mass is 10.2. The van der Waals surface area contributed by atoms with Crippen molar-refractivity contribution in [2.24, 2.45) is 0 Å². The minimum Gasteiger partial charge on any atom is -0.469 e. The van der Waals surface area contributed by atoms with Gasteiger partial charge in [0, 0.05) is 0 Å². The highest BCUT2D eigenvalue weighted by Crippen LogP contribution is 2.25. The van der Waals surface area contributed by atoms with Gasteiger partial charge >= 0.3 is 5.97 Å². The van der Waals surface area contributed by atoms with Crippen LogP contribution in [-0.4, -0.2) is 18.1 Å². The van der Waals surface area contributed by atoms with Crippen LogP contribution in [0.4, 0.5) is 8.78 Å². The molecule has 82 valence electrons. The van der Waals surface area contributed by atoms with E-state index in [0.29, 0.717) is 5.69 Å². The summed E-state index contributed by atoms with van der Waals surface area (Å²) in [5, 5.41) is -0.286. The summed E-state index contributed by atoms with van der Waals surface area (Å²) in [4.78, 5) is 14.5. The summed E-state index contributed by atoms with van der Waals surface area (Å²) in [5.41, 5.74) is -0.0402. The van der Waals surface area contributed by atoms with Crippen LogP contribution in [-0.2, 0) is 16.0 Å². The number of carbonyl (C=O) groups excluding carboxylic acids is 1. The number of methoxy groups -OCH3 is 1. The van der Waals surface area contributed by atoms with E-state index in [9.17, 15) is 13.6 Å². The standard InChI is InChI=1S/C9H8ClF2NO2/c1-15-7(14)4-5-2-3-6(9(11)12)8(10)13-5/h2-3,9H,4H2,1H3. The molecular formula is C9H8ClF2NO2. The van der Waals surface area contributed by atoms with Gasteiger partial charge in [0.15, 0.2) is 0 Å². The van der Waals surface area contributed by atoms with Gasteiger partial charge in [0.1, 0.15) is 5.15 Å². The van der Waals surface area contributed by atoms with Gasteiger partial charge in [0.25, 0.3) is 6.43 Å². The second kappa shape index (κ2) is 5.02. The third-order valence-corrected chi connectivity index (χ3v) is 2.03. The lowest BCUT2D eigenvalue weighted by molar-refractivity contribution is -0.139. The van der Waals surface area contributed by atoms with Crippen molar-refractivity contribution in [2.45, 2.75) is 12.8 Å². The number of aromatic nitrogens is 1. The van der Waals surface area contributed by atoms with E-state index in [1.165, 1.54) is 13.2 Å². The van der Waals surface area contributed by atoms with Crippen LogP contribution in [0.25, 0.3) is 0 Å². The predicted molar refractivity (Wildman–Crippen MR) is 49.9 cm³/mol. The van der Waals surface area contributed by atoms with E-state index >= 15 is 0 Å². The van der Waals surface area contributed by atoms with Gasteiger partial charge in [-0.2, -0.15) is 0 Å². The van der Waals surface area contributed by atoms with Crippen LogP contribution in [0, 0.1) is 0 Å². The molecule has 0 aliphatic rings. The predicted octanol–water partition coefficient (Wildman–Crippen LogP) is 2.39. The largest absolute Gasteiger partial charge is 0.469 e. The molecule has 0 atom stereocenters. The molecule has 1 aromatic rings. The molecule has 0 radical (unpaired) electrons. The minimum atomic E-state index is -2.67. The number of hydrogen-bond donors (Lipinski definition) is 0. The zero-order valence-electron chi connectivity index (χ0n) is 7.84. The molecule has 6 heteroatoms. The Morgan fingerprint density at radius 1 is 1.60 bits per heavy atom. The lowest BCUT2D eigenvalue weighted by Gasteiger charge is -2.04. The van der Waals surface area contributed by atoms with Gasteiger partial charge in [-0.3, -0.25) is 4.79 Å². The third-order valence-electron chi connectivity index (χ3n) is 1.72. The molecule has 0 saturated carbocycles. The zero-order valence-corrected chi connectivity index (χ0v) is 8.59. The van der Waals surface area contributed by atoms with E-state index in [4.69, 9.17) is 11.6 Å². The van der Waals surface area contributed by atoms with Crippen molar-refractivity contribution in [3.05, 3.63) is 28.5 Å². The Labute approximate surface area is 90.0 Å². The Kier molecular flexibility index (Phi) is 3.96. The van der Waals surface area contributed by atoms with Crippen molar-refractivity contribution in [2.75, 3.05) is 7.11 Å². The van der Waals surface area contributed by atoms with Crippen molar-refractivity contribution < 1.29 is 18.3 Å². The van der Waals surface area contributed by atoms with Gasteiger partial charge in [-0.1, -0.05) is 11.6 Å². The first kappa shape index (κ1) is 11.8. The highest BCUT2D eigenvalue weighted by atomic mass is 35.5. The second-order valence-corrected chi connectivity index (χ2v) is 3.09. The Morgan fingerprint density at radius 3 is 2.73 bits per heavy atom. The number of carbonyl (C=O) groups is 1. The van der Waals surface area contributed by atoms with E-state index in [1.54, 1.807) is 0 Å².